The number of nitrogens with zero attached hydrogens (tertiary/aromatic N) is 2. The van der Waals surface area contributed by atoms with Crippen molar-refractivity contribution in [3.8, 4) is 0 Å². The zero-order valence-corrected chi connectivity index (χ0v) is 13.6. The molecule has 0 saturated heterocycles. The highest BCUT2D eigenvalue weighted by Crippen LogP contribution is 2.27. The summed E-state index contributed by atoms with van der Waals surface area (Å²) in [6.45, 7) is 11.2. The van der Waals surface area contributed by atoms with E-state index in [1.807, 2.05) is 0 Å². The van der Waals surface area contributed by atoms with Crippen LogP contribution in [0.15, 0.2) is 4.99 Å². The second kappa shape index (κ2) is 10.00. The normalized spacial score (nSPS) is 16.0. The van der Waals surface area contributed by atoms with Gasteiger partial charge in [-0.25, -0.2) is 0 Å². The summed E-state index contributed by atoms with van der Waals surface area (Å²) >= 11 is 0. The summed E-state index contributed by atoms with van der Waals surface area (Å²) in [4.78, 5) is 7.13. The minimum Gasteiger partial charge on any atom is -0.385 e. The van der Waals surface area contributed by atoms with E-state index < -0.39 is 0 Å². The summed E-state index contributed by atoms with van der Waals surface area (Å²) in [6.07, 6.45) is 3.69. The summed E-state index contributed by atoms with van der Waals surface area (Å²) in [5.74, 6) is 0.920. The molecule has 1 saturated carbocycles. The first-order valence-corrected chi connectivity index (χ1v) is 7.95. The maximum absolute atomic E-state index is 5.04. The van der Waals surface area contributed by atoms with Gasteiger partial charge in [0.2, 0.25) is 0 Å². The average molecular weight is 284 g/mol. The van der Waals surface area contributed by atoms with Crippen LogP contribution in [-0.4, -0.2) is 62.8 Å². The first-order chi connectivity index (χ1) is 9.69. The van der Waals surface area contributed by atoms with E-state index in [0.717, 1.165) is 51.2 Å². The van der Waals surface area contributed by atoms with Gasteiger partial charge in [-0.3, -0.25) is 9.89 Å². The molecule has 0 radical (unpaired) electrons. The molecule has 1 aliphatic carbocycles. The Morgan fingerprint density at radius 3 is 2.65 bits per heavy atom. The maximum atomic E-state index is 5.04. The molecular formula is C15H32N4O. The first kappa shape index (κ1) is 17.2. The van der Waals surface area contributed by atoms with E-state index in [-0.39, 0.29) is 0 Å². The quantitative estimate of drug-likeness (QED) is 0.362. The first-order valence-electron chi connectivity index (χ1n) is 7.95. The number of nitrogens with one attached hydrogen (secondary N) is 2. The lowest BCUT2D eigenvalue weighted by Crippen LogP contribution is -2.44. The molecule has 118 valence electrons. The van der Waals surface area contributed by atoms with Gasteiger partial charge in [0.15, 0.2) is 5.96 Å². The van der Waals surface area contributed by atoms with Crippen LogP contribution in [0.5, 0.6) is 0 Å². The summed E-state index contributed by atoms with van der Waals surface area (Å²) < 4.78 is 5.04. The molecule has 5 heteroatoms. The molecule has 1 fully saturated rings. The van der Waals surface area contributed by atoms with E-state index in [9.17, 15) is 0 Å². The highest BCUT2D eigenvalue weighted by molar-refractivity contribution is 5.79. The Kier molecular flexibility index (Phi) is 8.62. The zero-order chi connectivity index (χ0) is 14.8. The van der Waals surface area contributed by atoms with Crippen LogP contribution in [0.4, 0.5) is 0 Å². The molecule has 0 aromatic carbocycles. The number of aliphatic imine (C=N–C) groups is 1. The van der Waals surface area contributed by atoms with Crippen molar-refractivity contribution >= 4 is 5.96 Å². The molecule has 1 rings (SSSR count). The third kappa shape index (κ3) is 7.10. The number of guanidine groups is 1. The summed E-state index contributed by atoms with van der Waals surface area (Å²) in [5.41, 5.74) is 0. The van der Waals surface area contributed by atoms with Crippen LogP contribution in [0.1, 0.15) is 40.0 Å². The van der Waals surface area contributed by atoms with Gasteiger partial charge < -0.3 is 15.4 Å². The Bertz CT molecular complexity index is 275. The van der Waals surface area contributed by atoms with Crippen LogP contribution < -0.4 is 10.6 Å². The molecule has 0 amide bonds. The molecule has 2 N–H and O–H groups in total. The monoisotopic (exact) mass is 284 g/mol. The van der Waals surface area contributed by atoms with Gasteiger partial charge in [0.05, 0.1) is 0 Å². The predicted molar refractivity (Wildman–Crippen MR) is 85.3 cm³/mol. The number of ether oxygens (including phenoxy) is 1. The SMILES string of the molecule is CCNC(=NCCCOC)NCCN(C(C)C)C1CC1. The molecule has 0 aliphatic heterocycles. The fourth-order valence-corrected chi connectivity index (χ4v) is 2.31. The van der Waals surface area contributed by atoms with Gasteiger partial charge in [-0.05, 0) is 40.0 Å². The molecule has 5 nitrogen and oxygen atoms in total. The fourth-order valence-electron chi connectivity index (χ4n) is 2.31. The lowest BCUT2D eigenvalue weighted by Gasteiger charge is -2.26. The van der Waals surface area contributed by atoms with Crippen molar-refractivity contribution in [2.45, 2.75) is 52.1 Å². The topological polar surface area (TPSA) is 48.9 Å². The lowest BCUT2D eigenvalue weighted by molar-refractivity contribution is 0.197. The fraction of sp³-hybridized carbons (Fsp3) is 0.933. The van der Waals surface area contributed by atoms with Crippen LogP contribution in [0.25, 0.3) is 0 Å². The van der Waals surface area contributed by atoms with E-state index in [2.05, 4.69) is 41.3 Å². The molecule has 1 aliphatic rings. The Labute approximate surface area is 124 Å². The van der Waals surface area contributed by atoms with Crippen molar-refractivity contribution in [2.75, 3.05) is 39.9 Å². The van der Waals surface area contributed by atoms with Gasteiger partial charge in [0, 0.05) is 52.0 Å². The molecule has 0 bridgehead atoms. The standard InChI is InChI=1S/C15H32N4O/c1-5-16-15(17-9-6-12-20-4)18-10-11-19(13(2)3)14-7-8-14/h13-14H,5-12H2,1-4H3,(H2,16,17,18). The van der Waals surface area contributed by atoms with Gasteiger partial charge in [0.1, 0.15) is 0 Å². The van der Waals surface area contributed by atoms with Crippen molar-refractivity contribution in [1.29, 1.82) is 0 Å². The highest BCUT2D eigenvalue weighted by Gasteiger charge is 2.29. The van der Waals surface area contributed by atoms with Gasteiger partial charge in [0.25, 0.3) is 0 Å². The molecule has 0 unspecified atom stereocenters. The van der Waals surface area contributed by atoms with E-state index in [1.165, 1.54) is 12.8 Å². The molecule has 0 heterocycles. The third-order valence-corrected chi connectivity index (χ3v) is 3.46. The second-order valence-electron chi connectivity index (χ2n) is 5.60. The molecular weight excluding hydrogens is 252 g/mol. The van der Waals surface area contributed by atoms with Crippen molar-refractivity contribution in [3.63, 3.8) is 0 Å². The van der Waals surface area contributed by atoms with E-state index in [0.29, 0.717) is 6.04 Å². The molecule has 20 heavy (non-hydrogen) atoms. The van der Waals surface area contributed by atoms with Crippen LogP contribution in [0, 0.1) is 0 Å². The number of hydrogen-bond donors (Lipinski definition) is 2. The van der Waals surface area contributed by atoms with Crippen LogP contribution >= 0.6 is 0 Å². The molecule has 0 aromatic rings. The zero-order valence-electron chi connectivity index (χ0n) is 13.6. The van der Waals surface area contributed by atoms with Crippen molar-refractivity contribution in [2.24, 2.45) is 4.99 Å². The molecule has 0 spiro atoms. The smallest absolute Gasteiger partial charge is 0.191 e. The van der Waals surface area contributed by atoms with Gasteiger partial charge >= 0.3 is 0 Å². The van der Waals surface area contributed by atoms with E-state index in [4.69, 9.17) is 4.74 Å². The Morgan fingerprint density at radius 1 is 1.35 bits per heavy atom. The number of methoxy groups -OCH3 is 1. The largest absolute Gasteiger partial charge is 0.385 e. The number of rotatable bonds is 10. The average Bonchev–Trinajstić information content (AvgIpc) is 3.23. The Morgan fingerprint density at radius 2 is 2.10 bits per heavy atom. The minimum absolute atomic E-state index is 0.630. The third-order valence-electron chi connectivity index (χ3n) is 3.46. The maximum Gasteiger partial charge on any atom is 0.191 e. The van der Waals surface area contributed by atoms with Crippen molar-refractivity contribution in [3.05, 3.63) is 0 Å². The molecule has 0 atom stereocenters. The second-order valence-corrected chi connectivity index (χ2v) is 5.60. The Hall–Kier alpha value is -0.810. The van der Waals surface area contributed by atoms with Crippen LogP contribution in [0.3, 0.4) is 0 Å². The Balaban J connectivity index is 2.26. The van der Waals surface area contributed by atoms with E-state index in [1.54, 1.807) is 7.11 Å². The van der Waals surface area contributed by atoms with Crippen molar-refractivity contribution < 1.29 is 4.74 Å². The summed E-state index contributed by atoms with van der Waals surface area (Å²) in [6, 6.07) is 1.45. The van der Waals surface area contributed by atoms with Crippen molar-refractivity contribution in [1.82, 2.24) is 15.5 Å². The van der Waals surface area contributed by atoms with Crippen LogP contribution in [0.2, 0.25) is 0 Å². The number of hydrogen-bond acceptors (Lipinski definition) is 3. The summed E-state index contributed by atoms with van der Waals surface area (Å²) in [7, 11) is 1.73. The van der Waals surface area contributed by atoms with Gasteiger partial charge in [-0.15, -0.1) is 0 Å². The predicted octanol–water partition coefficient (Wildman–Crippen LogP) is 1.45. The summed E-state index contributed by atoms with van der Waals surface area (Å²) in [5, 5.41) is 6.71. The minimum atomic E-state index is 0.630. The molecule has 0 aromatic heterocycles. The highest BCUT2D eigenvalue weighted by atomic mass is 16.5. The van der Waals surface area contributed by atoms with Gasteiger partial charge in [-0.2, -0.15) is 0 Å². The lowest BCUT2D eigenvalue weighted by atomic mass is 10.3. The van der Waals surface area contributed by atoms with Gasteiger partial charge in [-0.1, -0.05) is 0 Å². The van der Waals surface area contributed by atoms with Crippen LogP contribution in [-0.2, 0) is 4.74 Å². The van der Waals surface area contributed by atoms with E-state index >= 15 is 0 Å².